The van der Waals surface area contributed by atoms with Gasteiger partial charge in [-0.2, -0.15) is 0 Å². The van der Waals surface area contributed by atoms with Gasteiger partial charge in [-0.15, -0.1) is 0 Å². The molecule has 0 saturated carbocycles. The molecule has 0 aliphatic heterocycles. The van der Waals surface area contributed by atoms with Crippen molar-refractivity contribution in [3.8, 4) is 0 Å². The van der Waals surface area contributed by atoms with E-state index in [9.17, 15) is 0 Å². The van der Waals surface area contributed by atoms with E-state index < -0.39 is 0 Å². The Labute approximate surface area is 122 Å². The summed E-state index contributed by atoms with van der Waals surface area (Å²) in [7, 11) is 0. The topological polar surface area (TPSA) is 542 Å². The van der Waals surface area contributed by atoms with Gasteiger partial charge in [0.25, 0.3) is 0 Å². The van der Waals surface area contributed by atoms with E-state index in [1.807, 2.05) is 0 Å². The van der Waals surface area contributed by atoms with Gasteiger partial charge in [-0.05, 0) is 0 Å². The molecule has 0 aliphatic rings. The van der Waals surface area contributed by atoms with Gasteiger partial charge in [-0.3, -0.25) is 0 Å². The molecule has 0 aromatic carbocycles. The van der Waals surface area contributed by atoms with Crippen molar-refractivity contribution >= 4 is 0 Å². The van der Waals surface area contributed by atoms with Crippen LogP contribution >= 0.6 is 0 Å². The van der Waals surface area contributed by atoms with Gasteiger partial charge in [0.2, 0.25) is 0 Å². The largest absolute Gasteiger partial charge is 3.00 e. The van der Waals surface area contributed by atoms with E-state index >= 15 is 0 Å². The van der Waals surface area contributed by atoms with Crippen molar-refractivity contribution in [3.63, 3.8) is 0 Å². The van der Waals surface area contributed by atoms with E-state index in [0.29, 0.717) is 0 Å². The average molecular weight is 360 g/mol. The van der Waals surface area contributed by atoms with Gasteiger partial charge in [-0.1, -0.05) is 0 Å². The van der Waals surface area contributed by atoms with E-state index in [1.165, 1.54) is 0 Å². The third kappa shape index (κ3) is 86200. The summed E-state index contributed by atoms with van der Waals surface area (Å²) in [5.41, 5.74) is 0. The molecule has 0 amide bonds. The van der Waals surface area contributed by atoms with Crippen LogP contribution in [0.15, 0.2) is 0 Å². The van der Waals surface area contributed by atoms with E-state index in [1.54, 1.807) is 0 Å². The second kappa shape index (κ2) is 102000. The van der Waals surface area contributed by atoms with Crippen LogP contribution in [0.5, 0.6) is 0 Å². The molecule has 1 radical (unpaired) electrons. The summed E-state index contributed by atoms with van der Waals surface area (Å²) in [5.74, 6) is 0. The van der Waals surface area contributed by atoms with Crippen LogP contribution in [0, 0.1) is 0 Å². The number of rotatable bonds is 0. The molecule has 20 heavy (non-hydrogen) atoms. The van der Waals surface area contributed by atoms with Crippen molar-refractivity contribution < 1.29 is 121 Å². The van der Waals surface area contributed by atoms with E-state index in [-0.39, 0.29) is 121 Å². The molecule has 0 unspecified atom stereocenters. The molecule has 0 atom stereocenters. The van der Waals surface area contributed by atoms with Crippen LogP contribution in [0.2, 0.25) is 0 Å². The zero-order valence-corrected chi connectivity index (χ0v) is 9.21. The normalized spacial score (nSPS) is 0. The SMILES string of the molecule is [Fe+3].[O-2].[O-2].[O-2].[O-2].[O-2].[O-2].[O-2].[O-2].[O-2].[O-2].[O-2].[O-2].[O-2].[O-2].[O-2].[O-2].[O-2].[O-2].[O-2]. The van der Waals surface area contributed by atoms with Gasteiger partial charge >= 0.3 is 17.1 Å². The van der Waals surface area contributed by atoms with Gasteiger partial charge in [0, 0.05) is 0 Å². The van der Waals surface area contributed by atoms with E-state index in [4.69, 9.17) is 0 Å². The standard InChI is InChI=1S/Fe.19O/q+3;19*-2. The molecule has 0 aromatic rings. The summed E-state index contributed by atoms with van der Waals surface area (Å²) in [4.78, 5) is 0. The number of hydrogen-bond acceptors (Lipinski definition) is 0. The minimum absolute atomic E-state index is 0. The Balaban J connectivity index is 0. The van der Waals surface area contributed by atoms with E-state index in [0.717, 1.165) is 0 Å². The Hall–Kier alpha value is -0.241. The first-order valence-corrected chi connectivity index (χ1v) is 0. The molecule has 0 aromatic heterocycles. The second-order valence-electron chi connectivity index (χ2n) is 0. The van der Waals surface area contributed by atoms with Crippen LogP contribution in [0.1, 0.15) is 0 Å². The van der Waals surface area contributed by atoms with Gasteiger partial charge < -0.3 is 104 Å². The minimum Gasteiger partial charge on any atom is -2.00 e. The molecule has 0 bridgehead atoms. The summed E-state index contributed by atoms with van der Waals surface area (Å²) < 4.78 is 0. The zero-order valence-electron chi connectivity index (χ0n) is 8.11. The van der Waals surface area contributed by atoms with Crippen LogP contribution < -0.4 is 0 Å². The third-order valence-electron chi connectivity index (χ3n) is 0. The molecular formula is FeO19-35. The fourth-order valence-electron chi connectivity index (χ4n) is 0. The monoisotopic (exact) mass is 360 g/mol. The maximum atomic E-state index is 0. The molecule has 157 valence electrons. The minimum atomic E-state index is 0. The Morgan fingerprint density at radius 1 is 0.100 bits per heavy atom. The first kappa shape index (κ1) is 120000. The maximum Gasteiger partial charge on any atom is 3.00 e. The van der Waals surface area contributed by atoms with Gasteiger partial charge in [-0.25, -0.2) is 0 Å². The summed E-state index contributed by atoms with van der Waals surface area (Å²) in [6, 6.07) is 0. The van der Waals surface area contributed by atoms with Crippen LogP contribution in [0.25, 0.3) is 0 Å². The van der Waals surface area contributed by atoms with Crippen LogP contribution in [-0.4, -0.2) is 0 Å². The summed E-state index contributed by atoms with van der Waals surface area (Å²) >= 11 is 0. The molecule has 0 saturated heterocycles. The van der Waals surface area contributed by atoms with Gasteiger partial charge in [0.15, 0.2) is 0 Å². The van der Waals surface area contributed by atoms with Crippen molar-refractivity contribution in [2.24, 2.45) is 0 Å². The van der Waals surface area contributed by atoms with Crippen LogP contribution in [0.3, 0.4) is 0 Å². The van der Waals surface area contributed by atoms with E-state index in [2.05, 4.69) is 0 Å². The molecule has 20 heteroatoms. The van der Waals surface area contributed by atoms with Crippen LogP contribution in [-0.2, 0) is 121 Å². The van der Waals surface area contributed by atoms with Gasteiger partial charge in [0.05, 0.1) is 0 Å². The fraction of sp³-hybridized carbons (Fsp3) is 0. The Kier molecular flexibility index (Phi) is 615000000. The first-order valence-electron chi connectivity index (χ1n) is 0. The molecular weight excluding hydrogens is 360 g/mol. The van der Waals surface area contributed by atoms with Crippen molar-refractivity contribution in [3.05, 3.63) is 0 Å². The molecule has 0 rings (SSSR count). The Morgan fingerprint density at radius 3 is 0.100 bits per heavy atom. The predicted octanol–water partition coefficient (Wildman–Crippen LogP) is -2.26. The first-order chi connectivity index (χ1) is 0. The second-order valence-corrected chi connectivity index (χ2v) is 0. The molecule has 0 N–H and O–H groups in total. The summed E-state index contributed by atoms with van der Waals surface area (Å²) in [6.07, 6.45) is 0. The zero-order chi connectivity index (χ0) is 0. The fourth-order valence-corrected chi connectivity index (χ4v) is 0. The smallest absolute Gasteiger partial charge is 2.00 e. The predicted molar refractivity (Wildman–Crippen MR) is 13.0 cm³/mol. The Bertz CT molecular complexity index is 5.73. The average Bonchev–Trinajstić information content (AvgIpc) is 0. The quantitative estimate of drug-likeness (QED) is 0.412. The van der Waals surface area contributed by atoms with Gasteiger partial charge in [0.1, 0.15) is 0 Å². The van der Waals surface area contributed by atoms with Crippen LogP contribution in [0.4, 0.5) is 0 Å². The number of hydrogen-bond donors (Lipinski definition) is 0. The van der Waals surface area contributed by atoms with Crippen molar-refractivity contribution in [2.75, 3.05) is 0 Å². The molecule has 0 heterocycles. The molecule has 19 nitrogen and oxygen atoms in total. The van der Waals surface area contributed by atoms with Crippen molar-refractivity contribution in [2.45, 2.75) is 0 Å². The van der Waals surface area contributed by atoms with Crippen molar-refractivity contribution in [1.82, 2.24) is 0 Å². The van der Waals surface area contributed by atoms with Crippen molar-refractivity contribution in [1.29, 1.82) is 0 Å². The summed E-state index contributed by atoms with van der Waals surface area (Å²) in [6.45, 7) is 0. The maximum absolute atomic E-state index is 0. The summed E-state index contributed by atoms with van der Waals surface area (Å²) in [5, 5.41) is 0. The Morgan fingerprint density at radius 2 is 0.100 bits per heavy atom. The molecule has 0 spiro atoms. The third-order valence-corrected chi connectivity index (χ3v) is 0. The molecule has 0 aliphatic carbocycles. The molecule has 0 fully saturated rings.